The van der Waals surface area contributed by atoms with Crippen LogP contribution in [-0.2, 0) is 11.3 Å². The van der Waals surface area contributed by atoms with Gasteiger partial charge < -0.3 is 15.8 Å². The van der Waals surface area contributed by atoms with Crippen LogP contribution in [0.4, 0.5) is 0 Å². The molecule has 1 aliphatic rings. The van der Waals surface area contributed by atoms with E-state index in [-0.39, 0.29) is 0 Å². The Kier molecular flexibility index (Phi) is 5.97. The van der Waals surface area contributed by atoms with E-state index in [0.717, 1.165) is 60.4 Å². The Labute approximate surface area is 159 Å². The van der Waals surface area contributed by atoms with E-state index in [2.05, 4.69) is 18.3 Å². The first kappa shape index (κ1) is 18.9. The molecule has 0 unspecified atom stereocenters. The van der Waals surface area contributed by atoms with E-state index in [1.807, 2.05) is 25.1 Å². The van der Waals surface area contributed by atoms with Crippen molar-refractivity contribution in [3.8, 4) is 11.1 Å². The number of benzene rings is 2. The zero-order chi connectivity index (χ0) is 18.7. The summed E-state index contributed by atoms with van der Waals surface area (Å²) in [6.45, 7) is 6.53. The molecule has 2 aromatic rings. The molecule has 0 aromatic heterocycles. The predicted octanol–water partition coefficient (Wildman–Crippen LogP) is 3.99. The molecule has 1 aliphatic heterocycles. The number of rotatable bonds is 6. The molecule has 0 spiro atoms. The summed E-state index contributed by atoms with van der Waals surface area (Å²) in [5, 5.41) is 4.17. The van der Waals surface area contributed by atoms with Gasteiger partial charge in [0.15, 0.2) is 0 Å². The van der Waals surface area contributed by atoms with Crippen molar-refractivity contribution in [2.75, 3.05) is 13.2 Å². The monoisotopic (exact) mass is 372 g/mol. The highest BCUT2D eigenvalue weighted by Crippen LogP contribution is 2.34. The van der Waals surface area contributed by atoms with Crippen molar-refractivity contribution < 1.29 is 9.53 Å². The highest BCUT2D eigenvalue weighted by molar-refractivity contribution is 6.33. The van der Waals surface area contributed by atoms with Crippen LogP contribution in [0.5, 0.6) is 0 Å². The second-order valence-corrected chi connectivity index (χ2v) is 7.34. The number of carbonyl (C=O) groups is 1. The molecular weight excluding hydrogens is 348 g/mol. The van der Waals surface area contributed by atoms with Gasteiger partial charge in [0.2, 0.25) is 5.91 Å². The molecule has 4 nitrogen and oxygen atoms in total. The minimum Gasteiger partial charge on any atom is -0.377 e. The Hall–Kier alpha value is -1.88. The highest BCUT2D eigenvalue weighted by Gasteiger charge is 2.16. The number of carbonyl (C=O) groups excluding carboxylic acids is 1. The normalized spacial score (nSPS) is 16.8. The lowest BCUT2D eigenvalue weighted by Crippen LogP contribution is -2.25. The van der Waals surface area contributed by atoms with E-state index >= 15 is 0 Å². The lowest BCUT2D eigenvalue weighted by Gasteiger charge is -2.15. The second kappa shape index (κ2) is 8.21. The summed E-state index contributed by atoms with van der Waals surface area (Å²) in [5.41, 5.74) is 11.1. The average molecular weight is 373 g/mol. The first-order valence-electron chi connectivity index (χ1n) is 8.98. The van der Waals surface area contributed by atoms with Crippen molar-refractivity contribution in [3.05, 3.63) is 57.6 Å². The van der Waals surface area contributed by atoms with E-state index in [1.165, 1.54) is 0 Å². The largest absolute Gasteiger partial charge is 0.377 e. The first-order valence-corrected chi connectivity index (χ1v) is 9.35. The third kappa shape index (κ3) is 4.26. The molecule has 0 saturated carbocycles. The van der Waals surface area contributed by atoms with Gasteiger partial charge in [-0.1, -0.05) is 23.7 Å². The van der Waals surface area contributed by atoms with Crippen LogP contribution >= 0.6 is 11.6 Å². The maximum Gasteiger partial charge on any atom is 0.248 e. The predicted molar refractivity (Wildman–Crippen MR) is 106 cm³/mol. The Bertz CT molecular complexity index is 791. The summed E-state index contributed by atoms with van der Waals surface area (Å²) in [7, 11) is 0. The van der Waals surface area contributed by atoms with Crippen LogP contribution in [0.3, 0.4) is 0 Å². The zero-order valence-electron chi connectivity index (χ0n) is 15.3. The van der Waals surface area contributed by atoms with Gasteiger partial charge in [0.1, 0.15) is 0 Å². The number of ether oxygens (including phenoxy) is 1. The molecule has 1 atom stereocenters. The van der Waals surface area contributed by atoms with Gasteiger partial charge >= 0.3 is 0 Å². The van der Waals surface area contributed by atoms with E-state index in [9.17, 15) is 4.79 Å². The molecule has 0 bridgehead atoms. The quantitative estimate of drug-likeness (QED) is 0.805. The van der Waals surface area contributed by atoms with E-state index in [1.54, 1.807) is 6.07 Å². The Morgan fingerprint density at radius 1 is 1.27 bits per heavy atom. The summed E-state index contributed by atoms with van der Waals surface area (Å²) in [5.74, 6) is -0.421. The summed E-state index contributed by atoms with van der Waals surface area (Å²) >= 11 is 6.61. The van der Waals surface area contributed by atoms with Gasteiger partial charge in [-0.2, -0.15) is 0 Å². The van der Waals surface area contributed by atoms with Crippen LogP contribution < -0.4 is 11.1 Å². The van der Waals surface area contributed by atoms with E-state index in [0.29, 0.717) is 16.7 Å². The molecule has 0 radical (unpaired) electrons. The Morgan fingerprint density at radius 2 is 2.08 bits per heavy atom. The van der Waals surface area contributed by atoms with Crippen LogP contribution in [-0.4, -0.2) is 25.2 Å². The lowest BCUT2D eigenvalue weighted by molar-refractivity contribution is 0.1000. The van der Waals surface area contributed by atoms with Gasteiger partial charge in [-0.25, -0.2) is 0 Å². The van der Waals surface area contributed by atoms with Crippen LogP contribution in [0, 0.1) is 13.8 Å². The average Bonchev–Trinajstić information content (AvgIpc) is 3.09. The Morgan fingerprint density at radius 3 is 2.69 bits per heavy atom. The highest BCUT2D eigenvalue weighted by atomic mass is 35.5. The van der Waals surface area contributed by atoms with Gasteiger partial charge in [0.25, 0.3) is 0 Å². The van der Waals surface area contributed by atoms with Gasteiger partial charge in [0, 0.05) is 35.8 Å². The van der Waals surface area contributed by atoms with Crippen molar-refractivity contribution in [3.63, 3.8) is 0 Å². The molecule has 1 amide bonds. The molecule has 1 saturated heterocycles. The zero-order valence-corrected chi connectivity index (χ0v) is 16.0. The number of hydrogen-bond acceptors (Lipinski definition) is 3. The third-order valence-electron chi connectivity index (χ3n) is 4.85. The molecule has 1 heterocycles. The van der Waals surface area contributed by atoms with Crippen molar-refractivity contribution in [1.29, 1.82) is 0 Å². The minimum atomic E-state index is -0.421. The van der Waals surface area contributed by atoms with Crippen molar-refractivity contribution in [1.82, 2.24) is 5.32 Å². The fourth-order valence-corrected chi connectivity index (χ4v) is 3.93. The third-order valence-corrected chi connectivity index (χ3v) is 5.15. The Balaban J connectivity index is 1.77. The number of amides is 1. The molecule has 3 N–H and O–H groups in total. The number of hydrogen-bond donors (Lipinski definition) is 2. The smallest absolute Gasteiger partial charge is 0.248 e. The number of nitrogens with one attached hydrogen (secondary N) is 1. The van der Waals surface area contributed by atoms with Gasteiger partial charge in [0.05, 0.1) is 6.10 Å². The lowest BCUT2D eigenvalue weighted by atomic mass is 9.93. The maximum atomic E-state index is 11.4. The van der Waals surface area contributed by atoms with Crippen molar-refractivity contribution in [2.45, 2.75) is 39.3 Å². The molecule has 5 heteroatoms. The standard InChI is InChI=1S/C21H25ClN2O2/c1-13-9-16(21(23)25)5-6-18(13)20-14(2)8-15(10-19(20)22)11-24-12-17-4-3-7-26-17/h5-6,8-10,17,24H,3-4,7,11-12H2,1-2H3,(H2,23,25)/t17-/m1/s1. The van der Waals surface area contributed by atoms with Gasteiger partial charge in [-0.15, -0.1) is 0 Å². The summed E-state index contributed by atoms with van der Waals surface area (Å²) in [4.78, 5) is 11.4. The maximum absolute atomic E-state index is 11.4. The number of primary amides is 1. The summed E-state index contributed by atoms with van der Waals surface area (Å²) < 4.78 is 5.63. The topological polar surface area (TPSA) is 64.4 Å². The fourth-order valence-electron chi connectivity index (χ4n) is 3.54. The molecule has 3 rings (SSSR count). The minimum absolute atomic E-state index is 0.331. The molecular formula is C21H25ClN2O2. The first-order chi connectivity index (χ1) is 12.5. The van der Waals surface area contributed by atoms with Crippen molar-refractivity contribution in [2.24, 2.45) is 5.73 Å². The number of nitrogens with two attached hydrogens (primary N) is 1. The van der Waals surface area contributed by atoms with Crippen LogP contribution in [0.15, 0.2) is 30.3 Å². The van der Waals surface area contributed by atoms with E-state index in [4.69, 9.17) is 22.1 Å². The van der Waals surface area contributed by atoms with Crippen LogP contribution in [0.1, 0.15) is 39.9 Å². The van der Waals surface area contributed by atoms with Crippen molar-refractivity contribution >= 4 is 17.5 Å². The molecule has 138 valence electrons. The summed E-state index contributed by atoms with van der Waals surface area (Å²) in [6, 6.07) is 9.64. The van der Waals surface area contributed by atoms with Crippen LogP contribution in [0.25, 0.3) is 11.1 Å². The SMILES string of the molecule is Cc1cc(C(N)=O)ccc1-c1c(C)cc(CNC[C@H]2CCCO2)cc1Cl. The molecule has 26 heavy (non-hydrogen) atoms. The summed E-state index contributed by atoms with van der Waals surface area (Å²) in [6.07, 6.45) is 2.61. The van der Waals surface area contributed by atoms with E-state index < -0.39 is 5.91 Å². The number of aryl methyl sites for hydroxylation is 2. The molecule has 1 fully saturated rings. The van der Waals surface area contributed by atoms with Gasteiger partial charge in [-0.3, -0.25) is 4.79 Å². The molecule has 2 aromatic carbocycles. The fraction of sp³-hybridized carbons (Fsp3) is 0.381. The van der Waals surface area contributed by atoms with Gasteiger partial charge in [-0.05, 0) is 67.1 Å². The second-order valence-electron chi connectivity index (χ2n) is 6.93. The van der Waals surface area contributed by atoms with Crippen LogP contribution in [0.2, 0.25) is 5.02 Å². The molecule has 0 aliphatic carbocycles. The number of halogens is 1.